The summed E-state index contributed by atoms with van der Waals surface area (Å²) in [6.45, 7) is 0.597. The highest BCUT2D eigenvalue weighted by molar-refractivity contribution is 7.80. The van der Waals surface area contributed by atoms with Gasteiger partial charge in [-0.15, -0.1) is 0 Å². The van der Waals surface area contributed by atoms with Crippen LogP contribution < -0.4 is 10.5 Å². The first-order valence-corrected chi connectivity index (χ1v) is 5.75. The summed E-state index contributed by atoms with van der Waals surface area (Å²) in [5.74, 6) is 0.792. The van der Waals surface area contributed by atoms with Crippen molar-refractivity contribution in [3.8, 4) is 5.75 Å². The molecule has 94 valence electrons. The number of hydrogen-bond acceptors (Lipinski definition) is 4. The van der Waals surface area contributed by atoms with Crippen molar-refractivity contribution in [2.75, 3.05) is 27.3 Å². The fourth-order valence-electron chi connectivity index (χ4n) is 1.71. The van der Waals surface area contributed by atoms with E-state index >= 15 is 0 Å². The summed E-state index contributed by atoms with van der Waals surface area (Å²) in [7, 11) is 3.50. The molecule has 0 spiro atoms. The van der Waals surface area contributed by atoms with Crippen LogP contribution in [0, 0.1) is 0 Å². The van der Waals surface area contributed by atoms with Crippen molar-refractivity contribution in [1.82, 2.24) is 4.90 Å². The van der Waals surface area contributed by atoms with Gasteiger partial charge in [0.25, 0.3) is 0 Å². The molecule has 0 saturated carbocycles. The van der Waals surface area contributed by atoms with E-state index in [1.54, 1.807) is 7.11 Å². The van der Waals surface area contributed by atoms with Crippen molar-refractivity contribution < 1.29 is 9.84 Å². The van der Waals surface area contributed by atoms with Gasteiger partial charge in [0.05, 0.1) is 24.7 Å². The lowest BCUT2D eigenvalue weighted by Gasteiger charge is -2.26. The number of thiocarbonyl (C=S) groups is 1. The normalized spacial score (nSPS) is 12.5. The van der Waals surface area contributed by atoms with Crippen LogP contribution in [0.3, 0.4) is 0 Å². The number of ether oxygens (including phenoxy) is 1. The molecule has 3 N–H and O–H groups in total. The number of methoxy groups -OCH3 is 1. The number of likely N-dealkylation sites (N-methyl/N-ethyl adjacent to an activating group) is 1. The van der Waals surface area contributed by atoms with Crippen LogP contribution in [0.25, 0.3) is 0 Å². The largest absolute Gasteiger partial charge is 0.497 e. The lowest BCUT2D eigenvalue weighted by atomic mass is 10.1. The number of hydrogen-bond donors (Lipinski definition) is 2. The predicted octanol–water partition coefficient (Wildman–Crippen LogP) is 0.946. The molecule has 17 heavy (non-hydrogen) atoms. The maximum absolute atomic E-state index is 8.95. The van der Waals surface area contributed by atoms with Gasteiger partial charge in [-0.1, -0.05) is 24.4 Å². The Morgan fingerprint density at radius 1 is 1.47 bits per heavy atom. The molecule has 0 aliphatic carbocycles. The lowest BCUT2D eigenvalue weighted by Crippen LogP contribution is -2.35. The Kier molecular flexibility index (Phi) is 5.34. The third kappa shape index (κ3) is 3.66. The highest BCUT2D eigenvalue weighted by Crippen LogP contribution is 2.22. The molecule has 0 saturated heterocycles. The number of rotatable bonds is 6. The molecule has 0 aliphatic heterocycles. The van der Waals surface area contributed by atoms with Crippen molar-refractivity contribution in [2.45, 2.75) is 6.04 Å². The SMILES string of the molecule is COc1ccc(C(C(N)=S)N(C)CCO)cc1. The van der Waals surface area contributed by atoms with Crippen molar-refractivity contribution in [3.63, 3.8) is 0 Å². The minimum Gasteiger partial charge on any atom is -0.497 e. The van der Waals surface area contributed by atoms with E-state index in [1.807, 2.05) is 36.2 Å². The van der Waals surface area contributed by atoms with Gasteiger partial charge in [-0.2, -0.15) is 0 Å². The Hall–Kier alpha value is -1.17. The molecule has 1 rings (SSSR count). The third-order valence-corrected chi connectivity index (χ3v) is 2.82. The van der Waals surface area contributed by atoms with E-state index in [0.29, 0.717) is 11.5 Å². The van der Waals surface area contributed by atoms with Crippen LogP contribution >= 0.6 is 12.2 Å². The summed E-state index contributed by atoms with van der Waals surface area (Å²) in [6.07, 6.45) is 0. The molecular formula is C12H18N2O2S. The van der Waals surface area contributed by atoms with Crippen LogP contribution in [0.5, 0.6) is 5.75 Å². The number of aliphatic hydroxyl groups is 1. The molecule has 1 aromatic carbocycles. The molecule has 0 bridgehead atoms. The Morgan fingerprint density at radius 3 is 2.47 bits per heavy atom. The van der Waals surface area contributed by atoms with E-state index in [2.05, 4.69) is 0 Å². The summed E-state index contributed by atoms with van der Waals surface area (Å²) in [5, 5.41) is 8.95. The Morgan fingerprint density at radius 2 is 2.06 bits per heavy atom. The van der Waals surface area contributed by atoms with Crippen molar-refractivity contribution >= 4 is 17.2 Å². The second-order valence-electron chi connectivity index (χ2n) is 3.78. The van der Waals surface area contributed by atoms with E-state index in [4.69, 9.17) is 27.8 Å². The van der Waals surface area contributed by atoms with Gasteiger partial charge in [-0.25, -0.2) is 0 Å². The summed E-state index contributed by atoms with van der Waals surface area (Å²) < 4.78 is 5.10. The van der Waals surface area contributed by atoms with Crippen LogP contribution in [0.2, 0.25) is 0 Å². The third-order valence-electron chi connectivity index (χ3n) is 2.59. The first kappa shape index (κ1) is 13.9. The molecule has 0 radical (unpaired) electrons. The van der Waals surface area contributed by atoms with Crippen LogP contribution in [0.1, 0.15) is 11.6 Å². The minimum absolute atomic E-state index is 0.0752. The summed E-state index contributed by atoms with van der Waals surface area (Å²) in [4.78, 5) is 2.32. The smallest absolute Gasteiger partial charge is 0.118 e. The second kappa shape index (κ2) is 6.54. The number of nitrogens with zero attached hydrogens (tertiary/aromatic N) is 1. The number of aliphatic hydroxyl groups excluding tert-OH is 1. The van der Waals surface area contributed by atoms with E-state index in [-0.39, 0.29) is 12.6 Å². The molecule has 0 heterocycles. The van der Waals surface area contributed by atoms with Crippen molar-refractivity contribution in [1.29, 1.82) is 0 Å². The highest BCUT2D eigenvalue weighted by atomic mass is 32.1. The average molecular weight is 254 g/mol. The van der Waals surface area contributed by atoms with Gasteiger partial charge in [0.15, 0.2) is 0 Å². The summed E-state index contributed by atoms with van der Waals surface area (Å²) in [5.41, 5.74) is 6.74. The Bertz CT molecular complexity index is 367. The van der Waals surface area contributed by atoms with Gasteiger partial charge >= 0.3 is 0 Å². The molecular weight excluding hydrogens is 236 g/mol. The van der Waals surface area contributed by atoms with E-state index in [0.717, 1.165) is 11.3 Å². The lowest BCUT2D eigenvalue weighted by molar-refractivity contribution is 0.207. The molecule has 4 nitrogen and oxygen atoms in total. The first-order valence-electron chi connectivity index (χ1n) is 5.34. The molecule has 5 heteroatoms. The molecule has 1 unspecified atom stereocenters. The van der Waals surface area contributed by atoms with Gasteiger partial charge < -0.3 is 15.6 Å². The fraction of sp³-hybridized carbons (Fsp3) is 0.417. The van der Waals surface area contributed by atoms with Crippen molar-refractivity contribution in [2.24, 2.45) is 5.73 Å². The topological polar surface area (TPSA) is 58.7 Å². The Balaban J connectivity index is 2.93. The van der Waals surface area contributed by atoms with Gasteiger partial charge in [-0.3, -0.25) is 4.90 Å². The van der Waals surface area contributed by atoms with Crippen LogP contribution in [0.4, 0.5) is 0 Å². The zero-order valence-corrected chi connectivity index (χ0v) is 10.9. The maximum atomic E-state index is 8.95. The van der Waals surface area contributed by atoms with Gasteiger partial charge in [0.1, 0.15) is 5.75 Å². The molecule has 1 atom stereocenters. The average Bonchev–Trinajstić information content (AvgIpc) is 2.30. The van der Waals surface area contributed by atoms with Crippen LogP contribution in [0.15, 0.2) is 24.3 Å². The minimum atomic E-state index is -0.164. The molecule has 1 aromatic rings. The standard InChI is InChI=1S/C12H18N2O2S/c1-14(7-8-15)11(12(13)17)9-3-5-10(16-2)6-4-9/h3-6,11,15H,7-8H2,1-2H3,(H2,13,17). The van der Waals surface area contributed by atoms with Gasteiger partial charge in [0.2, 0.25) is 0 Å². The number of benzene rings is 1. The quantitative estimate of drug-likeness (QED) is 0.740. The Labute approximate surface area is 107 Å². The molecule has 0 aliphatic rings. The van der Waals surface area contributed by atoms with E-state index in [9.17, 15) is 0 Å². The van der Waals surface area contributed by atoms with Crippen LogP contribution in [-0.4, -0.2) is 42.3 Å². The van der Waals surface area contributed by atoms with E-state index in [1.165, 1.54) is 0 Å². The maximum Gasteiger partial charge on any atom is 0.118 e. The fourth-order valence-corrected chi connectivity index (χ4v) is 2.03. The molecule has 0 aromatic heterocycles. The molecule has 0 amide bonds. The first-order chi connectivity index (χ1) is 8.10. The van der Waals surface area contributed by atoms with Crippen molar-refractivity contribution in [3.05, 3.63) is 29.8 Å². The summed E-state index contributed by atoms with van der Waals surface area (Å²) in [6, 6.07) is 7.43. The second-order valence-corrected chi connectivity index (χ2v) is 4.25. The molecule has 0 fully saturated rings. The number of nitrogens with two attached hydrogens (primary N) is 1. The van der Waals surface area contributed by atoms with Crippen LogP contribution in [-0.2, 0) is 0 Å². The zero-order chi connectivity index (χ0) is 12.8. The predicted molar refractivity (Wildman–Crippen MR) is 72.2 cm³/mol. The van der Waals surface area contributed by atoms with E-state index < -0.39 is 0 Å². The zero-order valence-electron chi connectivity index (χ0n) is 10.1. The highest BCUT2D eigenvalue weighted by Gasteiger charge is 2.19. The monoisotopic (exact) mass is 254 g/mol. The summed E-state index contributed by atoms with van der Waals surface area (Å²) >= 11 is 5.07. The van der Waals surface area contributed by atoms with Gasteiger partial charge in [-0.05, 0) is 24.7 Å². The van der Waals surface area contributed by atoms with Gasteiger partial charge in [0, 0.05) is 6.54 Å².